The van der Waals surface area contributed by atoms with Crippen LogP contribution >= 0.6 is 0 Å². The molecule has 5 rings (SSSR count). The quantitative estimate of drug-likeness (QED) is 0.204. The molecule has 5 aromatic rings. The van der Waals surface area contributed by atoms with Crippen molar-refractivity contribution in [2.24, 2.45) is 7.05 Å². The first-order valence-electron chi connectivity index (χ1n) is 12.3. The maximum atomic E-state index is 14.2. The maximum Gasteiger partial charge on any atom is 0.420 e. The number of likely N-dealkylation sites (N-methyl/N-ethyl adjacent to an activating group) is 1. The molecule has 2 heterocycles. The third-order valence-electron chi connectivity index (χ3n) is 6.46. The molecule has 1 atom stereocenters. The molecule has 0 aliphatic carbocycles. The van der Waals surface area contributed by atoms with Crippen molar-refractivity contribution in [2.75, 3.05) is 20.6 Å². The van der Waals surface area contributed by atoms with Gasteiger partial charge in [-0.05, 0) is 67.2 Å². The Labute approximate surface area is 226 Å². The van der Waals surface area contributed by atoms with E-state index in [-0.39, 0.29) is 30.1 Å². The number of alkyl halides is 3. The number of aliphatic hydroxyl groups is 1. The molecule has 0 bridgehead atoms. The van der Waals surface area contributed by atoms with Gasteiger partial charge in [-0.1, -0.05) is 18.2 Å². The fourth-order valence-electron chi connectivity index (χ4n) is 4.36. The van der Waals surface area contributed by atoms with Crippen LogP contribution in [0.4, 0.5) is 17.6 Å². The van der Waals surface area contributed by atoms with Gasteiger partial charge in [0.25, 0.3) is 0 Å². The van der Waals surface area contributed by atoms with E-state index >= 15 is 0 Å². The number of hydrogen-bond donors (Lipinski definition) is 2. The second kappa shape index (κ2) is 10.8. The number of fused-ring (bicyclic) bond motifs is 1. The molecule has 40 heavy (non-hydrogen) atoms. The summed E-state index contributed by atoms with van der Waals surface area (Å²) in [6.45, 7) is 0.264. The Morgan fingerprint density at radius 3 is 2.52 bits per heavy atom. The van der Waals surface area contributed by atoms with Gasteiger partial charge < -0.3 is 19.4 Å². The van der Waals surface area contributed by atoms with Gasteiger partial charge >= 0.3 is 6.18 Å². The highest BCUT2D eigenvalue weighted by Crippen LogP contribution is 2.39. The lowest BCUT2D eigenvalue weighted by Gasteiger charge is -2.19. The third-order valence-corrected chi connectivity index (χ3v) is 6.46. The number of nitrogens with one attached hydrogen (secondary N) is 1. The number of nitrogens with zero attached hydrogens (tertiary/aromatic N) is 5. The summed E-state index contributed by atoms with van der Waals surface area (Å²) in [5.41, 5.74) is 1.37. The number of benzene rings is 3. The van der Waals surface area contributed by atoms with Crippen LogP contribution in [0.25, 0.3) is 45.1 Å². The lowest BCUT2D eigenvalue weighted by molar-refractivity contribution is -0.136. The molecule has 1 unspecified atom stereocenters. The van der Waals surface area contributed by atoms with E-state index in [1.54, 1.807) is 60.9 Å². The second-order valence-corrected chi connectivity index (χ2v) is 9.62. The van der Waals surface area contributed by atoms with Crippen molar-refractivity contribution in [3.05, 3.63) is 77.9 Å². The number of rotatable bonds is 8. The summed E-state index contributed by atoms with van der Waals surface area (Å²) in [5.74, 6) is 0.0201. The molecule has 12 heteroatoms. The second-order valence-electron chi connectivity index (χ2n) is 9.62. The molecule has 0 aliphatic heterocycles. The molecular formula is C28H26F4N6O2. The van der Waals surface area contributed by atoms with Gasteiger partial charge in [0.05, 0.1) is 0 Å². The van der Waals surface area contributed by atoms with E-state index in [9.17, 15) is 22.7 Å². The summed E-state index contributed by atoms with van der Waals surface area (Å²) in [6.07, 6.45) is -3.95. The number of aromatic nitrogens is 4. The highest BCUT2D eigenvalue weighted by molar-refractivity contribution is 5.84. The predicted octanol–water partition coefficient (Wildman–Crippen LogP) is 5.08. The van der Waals surface area contributed by atoms with Crippen LogP contribution in [0.2, 0.25) is 0 Å². The average molecular weight is 555 g/mol. The average Bonchev–Trinajstić information content (AvgIpc) is 3.53. The van der Waals surface area contributed by atoms with Gasteiger partial charge in [0.2, 0.25) is 5.89 Å². The minimum atomic E-state index is -4.67. The van der Waals surface area contributed by atoms with Crippen molar-refractivity contribution in [1.82, 2.24) is 30.0 Å². The lowest BCUT2D eigenvalue weighted by Crippen LogP contribution is -2.37. The molecule has 0 amide bonds. The summed E-state index contributed by atoms with van der Waals surface area (Å²) >= 11 is 0. The topological polar surface area (TPSA) is 92.2 Å². The number of aryl methyl sites for hydroxylation is 1. The maximum absolute atomic E-state index is 14.2. The van der Waals surface area contributed by atoms with Crippen molar-refractivity contribution in [3.63, 3.8) is 0 Å². The van der Waals surface area contributed by atoms with Crippen LogP contribution in [0.5, 0.6) is 0 Å². The molecule has 0 spiro atoms. The van der Waals surface area contributed by atoms with Gasteiger partial charge in [0.15, 0.2) is 11.4 Å². The first-order chi connectivity index (χ1) is 19.0. The van der Waals surface area contributed by atoms with Gasteiger partial charge in [-0.3, -0.25) is 4.90 Å². The van der Waals surface area contributed by atoms with E-state index in [4.69, 9.17) is 4.42 Å². The van der Waals surface area contributed by atoms with E-state index in [0.29, 0.717) is 33.6 Å². The van der Waals surface area contributed by atoms with Crippen molar-refractivity contribution in [1.29, 1.82) is 0 Å². The molecular weight excluding hydrogens is 528 g/mol. The van der Waals surface area contributed by atoms with Crippen LogP contribution in [0.15, 0.2) is 65.3 Å². The van der Waals surface area contributed by atoms with Gasteiger partial charge in [0.1, 0.15) is 29.5 Å². The van der Waals surface area contributed by atoms with Gasteiger partial charge in [-0.25, -0.2) is 9.37 Å². The molecule has 3 aromatic carbocycles. The highest BCUT2D eigenvalue weighted by atomic mass is 19.4. The molecule has 2 N–H and O–H groups in total. The summed E-state index contributed by atoms with van der Waals surface area (Å²) in [6, 6.07) is 13.8. The Hall–Kier alpha value is -4.13. The van der Waals surface area contributed by atoms with Crippen LogP contribution in [0, 0.1) is 5.82 Å². The van der Waals surface area contributed by atoms with E-state index in [0.717, 1.165) is 6.07 Å². The molecule has 8 nitrogen and oxygen atoms in total. The number of halogens is 4. The highest BCUT2D eigenvalue weighted by Gasteiger charge is 2.35. The lowest BCUT2D eigenvalue weighted by atomic mass is 9.97. The fourth-order valence-corrected chi connectivity index (χ4v) is 4.36. The summed E-state index contributed by atoms with van der Waals surface area (Å²) in [4.78, 5) is 5.97. The Bertz CT molecular complexity index is 1660. The van der Waals surface area contributed by atoms with Crippen molar-refractivity contribution >= 4 is 11.1 Å². The molecule has 0 saturated carbocycles. The Balaban J connectivity index is 1.53. The van der Waals surface area contributed by atoms with Crippen LogP contribution in [0.1, 0.15) is 11.1 Å². The minimum Gasteiger partial charge on any atom is -0.435 e. The zero-order chi connectivity index (χ0) is 28.6. The van der Waals surface area contributed by atoms with Gasteiger partial charge in [-0.2, -0.15) is 13.2 Å². The van der Waals surface area contributed by atoms with Gasteiger partial charge in [0, 0.05) is 31.3 Å². The number of aliphatic hydroxyl groups excluding tert-OH is 1. The van der Waals surface area contributed by atoms with Crippen LogP contribution in [0.3, 0.4) is 0 Å². The molecule has 0 aliphatic rings. The van der Waals surface area contributed by atoms with Gasteiger partial charge in [-0.15, -0.1) is 10.2 Å². The molecule has 0 radical (unpaired) electrons. The largest absolute Gasteiger partial charge is 0.435 e. The van der Waals surface area contributed by atoms with Crippen molar-refractivity contribution in [3.8, 4) is 34.0 Å². The summed E-state index contributed by atoms with van der Waals surface area (Å²) in [5, 5.41) is 20.8. The van der Waals surface area contributed by atoms with E-state index in [2.05, 4.69) is 20.5 Å². The summed E-state index contributed by atoms with van der Waals surface area (Å²) in [7, 11) is 5.13. The van der Waals surface area contributed by atoms with Crippen LogP contribution in [-0.4, -0.2) is 56.6 Å². The zero-order valence-electron chi connectivity index (χ0n) is 21.9. The normalized spacial score (nSPS) is 12.9. The third kappa shape index (κ3) is 5.60. The standard InChI is InChI=1S/C28H26F4N6O2/c1-37(2)24(39)14-33-13-16-9-22(28(30,31)32)25-23(10-16)35-27(40-25)18-6-4-5-17(11-18)20-8-7-19(29)12-21(20)26-36-34-15-38(26)3/h4-12,15,24,33,39H,13-14H2,1-3H3. The van der Waals surface area contributed by atoms with Crippen LogP contribution in [-0.2, 0) is 19.8 Å². The molecule has 208 valence electrons. The Kier molecular flexibility index (Phi) is 7.41. The first kappa shape index (κ1) is 27.4. The predicted molar refractivity (Wildman–Crippen MR) is 141 cm³/mol. The fraction of sp³-hybridized carbons (Fsp3) is 0.250. The molecule has 0 saturated heterocycles. The van der Waals surface area contributed by atoms with Crippen molar-refractivity contribution in [2.45, 2.75) is 18.9 Å². The molecule has 0 fully saturated rings. The zero-order valence-corrected chi connectivity index (χ0v) is 21.9. The van der Waals surface area contributed by atoms with E-state index in [1.165, 1.54) is 24.5 Å². The van der Waals surface area contributed by atoms with Crippen LogP contribution < -0.4 is 5.32 Å². The van der Waals surface area contributed by atoms with E-state index < -0.39 is 23.8 Å². The number of hydrogen-bond acceptors (Lipinski definition) is 7. The minimum absolute atomic E-state index is 0.0119. The number of oxazole rings is 1. The Morgan fingerprint density at radius 1 is 1.05 bits per heavy atom. The summed E-state index contributed by atoms with van der Waals surface area (Å²) < 4.78 is 63.5. The van der Waals surface area contributed by atoms with E-state index in [1.807, 2.05) is 0 Å². The first-order valence-corrected chi connectivity index (χ1v) is 12.3. The Morgan fingerprint density at radius 2 is 1.82 bits per heavy atom. The SMILES string of the molecule is CN(C)C(O)CNCc1cc(C(F)(F)F)c2oc(-c3cccc(-c4ccc(F)cc4-c4nncn4C)c3)nc2c1. The monoisotopic (exact) mass is 554 g/mol. The molecule has 2 aromatic heterocycles. The van der Waals surface area contributed by atoms with Crippen molar-refractivity contribution < 1.29 is 27.1 Å². The smallest absolute Gasteiger partial charge is 0.420 e.